The Kier molecular flexibility index (Phi) is 9.85. The van der Waals surface area contributed by atoms with E-state index >= 15 is 0 Å². The first-order valence-electron chi connectivity index (χ1n) is 17.2. The Balaban J connectivity index is 1.45. The van der Waals surface area contributed by atoms with Crippen LogP contribution in [0.1, 0.15) is 106 Å². The van der Waals surface area contributed by atoms with Crippen molar-refractivity contribution in [2.24, 2.45) is 28.7 Å². The first-order valence-corrected chi connectivity index (χ1v) is 17.2. The van der Waals surface area contributed by atoms with Crippen molar-refractivity contribution in [1.29, 1.82) is 0 Å². The summed E-state index contributed by atoms with van der Waals surface area (Å²) in [5, 5.41) is 9.76. The third-order valence-electron chi connectivity index (χ3n) is 9.06. The van der Waals surface area contributed by atoms with Gasteiger partial charge in [-0.2, -0.15) is 0 Å². The molecule has 5 unspecified atom stereocenters. The number of carboxylic acid groups (broad SMARTS) is 1. The summed E-state index contributed by atoms with van der Waals surface area (Å²) < 4.78 is 24.7. The number of hydrogen-bond acceptors (Lipinski definition) is 8. The van der Waals surface area contributed by atoms with Crippen LogP contribution in [-0.2, 0) is 30.3 Å². The fourth-order valence-electron chi connectivity index (χ4n) is 6.20. The molecule has 5 rings (SSSR count). The molecule has 48 heavy (non-hydrogen) atoms. The minimum Gasteiger partial charge on any atom is -0.481 e. The van der Waals surface area contributed by atoms with E-state index < -0.39 is 11.6 Å². The molecule has 2 aliphatic heterocycles. The largest absolute Gasteiger partial charge is 0.481 e. The summed E-state index contributed by atoms with van der Waals surface area (Å²) in [6.07, 6.45) is 1.85. The molecule has 0 bridgehead atoms. The quantitative estimate of drug-likeness (QED) is 0.240. The van der Waals surface area contributed by atoms with Gasteiger partial charge in [0.15, 0.2) is 5.76 Å². The molecule has 264 valence electrons. The van der Waals surface area contributed by atoms with Crippen molar-refractivity contribution in [3.05, 3.63) is 58.1 Å². The van der Waals surface area contributed by atoms with E-state index in [1.54, 1.807) is 11.9 Å². The van der Waals surface area contributed by atoms with Crippen LogP contribution >= 0.6 is 0 Å². The van der Waals surface area contributed by atoms with Crippen LogP contribution in [0.2, 0.25) is 0 Å². The maximum Gasteiger partial charge on any atom is 0.410 e. The molecule has 0 radical (unpaired) electrons. The van der Waals surface area contributed by atoms with Crippen molar-refractivity contribution in [3.63, 3.8) is 0 Å². The average molecular weight is 666 g/mol. The number of carbonyl (C=O) groups excluding carboxylic acids is 1. The highest BCUT2D eigenvalue weighted by Gasteiger charge is 2.55. The molecular formula is C38H55N3O7. The van der Waals surface area contributed by atoms with Crippen molar-refractivity contribution in [1.82, 2.24) is 9.80 Å². The number of carboxylic acids is 1. The van der Waals surface area contributed by atoms with E-state index in [0.29, 0.717) is 38.3 Å². The van der Waals surface area contributed by atoms with E-state index in [4.69, 9.17) is 23.9 Å². The van der Waals surface area contributed by atoms with E-state index in [9.17, 15) is 14.7 Å². The van der Waals surface area contributed by atoms with Gasteiger partial charge < -0.3 is 33.9 Å². The summed E-state index contributed by atoms with van der Waals surface area (Å²) in [6.45, 7) is 21.0. The Bertz CT molecular complexity index is 1470. The minimum atomic E-state index is -0.746. The third kappa shape index (κ3) is 8.80. The van der Waals surface area contributed by atoms with Crippen molar-refractivity contribution < 1.29 is 33.6 Å². The van der Waals surface area contributed by atoms with Gasteiger partial charge in [-0.05, 0) is 106 Å². The number of benzene rings is 1. The molecule has 1 amide bonds. The van der Waals surface area contributed by atoms with Crippen LogP contribution in [0.3, 0.4) is 0 Å². The van der Waals surface area contributed by atoms with Gasteiger partial charge in [-0.15, -0.1) is 0 Å². The Morgan fingerprint density at radius 2 is 1.52 bits per heavy atom. The van der Waals surface area contributed by atoms with Gasteiger partial charge in [0.2, 0.25) is 0 Å². The number of rotatable bonds is 11. The Hall–Kier alpha value is -3.37. The summed E-state index contributed by atoms with van der Waals surface area (Å²) >= 11 is 0. The van der Waals surface area contributed by atoms with Crippen molar-refractivity contribution >= 4 is 17.8 Å². The van der Waals surface area contributed by atoms with Gasteiger partial charge in [-0.1, -0.05) is 24.3 Å². The molecule has 0 spiro atoms. The molecule has 2 aliphatic carbocycles. The Labute approximate surface area is 286 Å². The number of ether oxygens (including phenoxy) is 4. The minimum absolute atomic E-state index is 0.0277. The Morgan fingerprint density at radius 3 is 2.02 bits per heavy atom. The molecule has 1 aromatic carbocycles. The second-order valence-corrected chi connectivity index (χ2v) is 16.8. The molecule has 1 aromatic rings. The number of carbonyl (C=O) groups is 2. The SMILES string of the molecule is CC1=C(C2=C(N(COC(C)(C)C)COC(C)(C)C)CC3CC3C(C3CC3C(=O)O)=N2)OC1c1ccc(CN(C)C(=O)OC(C)(C)C)cc1. The second-order valence-electron chi connectivity index (χ2n) is 16.8. The second kappa shape index (κ2) is 13.2. The van der Waals surface area contributed by atoms with E-state index in [1.807, 2.05) is 86.6 Å². The van der Waals surface area contributed by atoms with Gasteiger partial charge in [0, 0.05) is 42.4 Å². The zero-order valence-electron chi connectivity index (χ0n) is 30.7. The van der Waals surface area contributed by atoms with Crippen molar-refractivity contribution in [2.75, 3.05) is 20.5 Å². The molecule has 2 fully saturated rings. The van der Waals surface area contributed by atoms with Gasteiger partial charge in [0.1, 0.15) is 30.9 Å². The highest BCUT2D eigenvalue weighted by molar-refractivity contribution is 5.99. The van der Waals surface area contributed by atoms with Gasteiger partial charge in [-0.3, -0.25) is 9.79 Å². The number of aliphatic imine (C=N–C) groups is 1. The van der Waals surface area contributed by atoms with Crippen LogP contribution in [-0.4, -0.2) is 70.0 Å². The first-order chi connectivity index (χ1) is 22.2. The van der Waals surface area contributed by atoms with Gasteiger partial charge in [0.05, 0.1) is 17.1 Å². The Morgan fingerprint density at radius 1 is 0.917 bits per heavy atom. The molecule has 2 saturated carbocycles. The summed E-state index contributed by atoms with van der Waals surface area (Å²) in [7, 11) is 1.73. The predicted octanol–water partition coefficient (Wildman–Crippen LogP) is 7.66. The molecule has 1 N–H and O–H groups in total. The molecule has 10 nitrogen and oxygen atoms in total. The first kappa shape index (κ1) is 35.9. The lowest BCUT2D eigenvalue weighted by Crippen LogP contribution is -2.37. The standard InChI is InChI=1S/C38H55N3O7/c1-22-32(24-14-12-23(13-15-24)19-40(11)35(44)48-38(8,9)10)47-33(22)31-29(41(20-45-36(2,3)4)21-46-37(5,6)7)17-25-16-26(25)30(39-31)27-18-28(27)34(42)43/h12-15,25-28,32H,16-21H2,1-11H3,(H,42,43). The number of nitrogens with zero attached hydrogens (tertiary/aromatic N) is 3. The number of fused-ring (bicyclic) bond motifs is 1. The number of hydrogen-bond donors (Lipinski definition) is 1. The number of amides is 1. The summed E-state index contributed by atoms with van der Waals surface area (Å²) in [4.78, 5) is 33.4. The molecule has 0 saturated heterocycles. The maximum atomic E-state index is 12.5. The highest BCUT2D eigenvalue weighted by Crippen LogP contribution is 2.56. The molecule has 4 aliphatic rings. The van der Waals surface area contributed by atoms with Gasteiger partial charge in [0.25, 0.3) is 0 Å². The lowest BCUT2D eigenvalue weighted by Gasteiger charge is -2.37. The highest BCUT2D eigenvalue weighted by atomic mass is 16.6. The monoisotopic (exact) mass is 665 g/mol. The zero-order chi connectivity index (χ0) is 35.3. The summed E-state index contributed by atoms with van der Waals surface area (Å²) in [5.41, 5.74) is 4.61. The predicted molar refractivity (Wildman–Crippen MR) is 184 cm³/mol. The summed E-state index contributed by atoms with van der Waals surface area (Å²) in [5.74, 6) is 0.303. The van der Waals surface area contributed by atoms with Crippen molar-refractivity contribution in [2.45, 2.75) is 118 Å². The average Bonchev–Trinajstić information content (AvgIpc) is 3.87. The normalized spacial score (nSPS) is 25.3. The van der Waals surface area contributed by atoms with E-state index in [1.165, 1.54) is 0 Å². The fraction of sp³-hybridized carbons (Fsp3) is 0.658. The van der Waals surface area contributed by atoms with Crippen molar-refractivity contribution in [3.8, 4) is 0 Å². The molecular weight excluding hydrogens is 610 g/mol. The fourth-order valence-corrected chi connectivity index (χ4v) is 6.20. The lowest BCUT2D eigenvalue weighted by molar-refractivity contribution is -0.138. The zero-order valence-corrected chi connectivity index (χ0v) is 30.7. The van der Waals surface area contributed by atoms with Gasteiger partial charge >= 0.3 is 12.1 Å². The van der Waals surface area contributed by atoms with Crippen LogP contribution in [0.5, 0.6) is 0 Å². The van der Waals surface area contributed by atoms with E-state index in [2.05, 4.69) is 11.8 Å². The lowest BCUT2D eigenvalue weighted by atomic mass is 9.94. The van der Waals surface area contributed by atoms with Crippen LogP contribution in [0.25, 0.3) is 0 Å². The third-order valence-corrected chi connectivity index (χ3v) is 9.06. The van der Waals surface area contributed by atoms with Gasteiger partial charge in [-0.25, -0.2) is 4.79 Å². The number of aliphatic carboxylic acids is 1. The van der Waals surface area contributed by atoms with Crippen LogP contribution < -0.4 is 0 Å². The summed E-state index contributed by atoms with van der Waals surface area (Å²) in [6, 6.07) is 8.11. The number of allylic oxidation sites excluding steroid dienone is 1. The molecule has 2 heterocycles. The maximum absolute atomic E-state index is 12.5. The van der Waals surface area contributed by atoms with E-state index in [0.717, 1.165) is 52.4 Å². The smallest absolute Gasteiger partial charge is 0.410 e. The molecule has 5 atom stereocenters. The van der Waals surface area contributed by atoms with Crippen LogP contribution in [0, 0.1) is 23.7 Å². The molecule has 0 aromatic heterocycles. The molecule has 10 heteroatoms. The van der Waals surface area contributed by atoms with Crippen LogP contribution in [0.15, 0.2) is 52.0 Å². The van der Waals surface area contributed by atoms with Crippen LogP contribution in [0.4, 0.5) is 4.79 Å². The topological polar surface area (TPSA) is 110 Å². The van der Waals surface area contributed by atoms with E-state index in [-0.39, 0.29) is 35.2 Å².